The lowest BCUT2D eigenvalue weighted by molar-refractivity contribution is 0.100. The lowest BCUT2D eigenvalue weighted by Crippen LogP contribution is -2.16. The highest BCUT2D eigenvalue weighted by atomic mass is 32.1. The van der Waals surface area contributed by atoms with Crippen LogP contribution in [0.4, 0.5) is 10.8 Å². The number of rotatable bonds is 5. The number of carbonyl (C=O) groups is 1. The molecule has 1 unspecified atom stereocenters. The third-order valence-electron chi connectivity index (χ3n) is 2.90. The van der Waals surface area contributed by atoms with Crippen molar-refractivity contribution in [1.82, 2.24) is 4.37 Å². The number of hydrogen-bond acceptors (Lipinski definition) is 5. The van der Waals surface area contributed by atoms with Crippen molar-refractivity contribution < 1.29 is 4.79 Å². The van der Waals surface area contributed by atoms with E-state index in [1.807, 2.05) is 18.2 Å². The molecule has 1 aromatic carbocycles. The minimum absolute atomic E-state index is 0.187. The highest BCUT2D eigenvalue weighted by molar-refractivity contribution is 7.11. The highest BCUT2D eigenvalue weighted by Crippen LogP contribution is 2.27. The number of amides is 1. The molecule has 0 saturated heterocycles. The molecule has 2 aromatic rings. The average molecular weight is 276 g/mol. The van der Waals surface area contributed by atoms with Gasteiger partial charge in [-0.1, -0.05) is 37.3 Å². The summed E-state index contributed by atoms with van der Waals surface area (Å²) in [5, 5.41) is 3.82. The summed E-state index contributed by atoms with van der Waals surface area (Å²) in [7, 11) is 0. The molecule has 0 bridgehead atoms. The van der Waals surface area contributed by atoms with Gasteiger partial charge in [0.2, 0.25) is 0 Å². The van der Waals surface area contributed by atoms with E-state index >= 15 is 0 Å². The predicted octanol–water partition coefficient (Wildman–Crippen LogP) is 2.04. The third kappa shape index (κ3) is 3.03. The number of nitrogens with zero attached hydrogens (tertiary/aromatic N) is 1. The molecule has 1 heterocycles. The van der Waals surface area contributed by atoms with Crippen LogP contribution in [0.15, 0.2) is 30.3 Å². The molecule has 1 atom stereocenters. The van der Waals surface area contributed by atoms with Gasteiger partial charge in [0.1, 0.15) is 10.6 Å². The third-order valence-corrected chi connectivity index (χ3v) is 3.72. The fraction of sp³-hybridized carbons (Fsp3) is 0.231. The van der Waals surface area contributed by atoms with Crippen LogP contribution in [0.25, 0.3) is 0 Å². The first-order valence-corrected chi connectivity index (χ1v) is 6.70. The highest BCUT2D eigenvalue weighted by Gasteiger charge is 2.17. The second-order valence-corrected chi connectivity index (χ2v) is 5.10. The minimum atomic E-state index is -0.555. The van der Waals surface area contributed by atoms with Crippen LogP contribution >= 0.6 is 11.5 Å². The van der Waals surface area contributed by atoms with Crippen molar-refractivity contribution in [2.24, 2.45) is 5.73 Å². The van der Waals surface area contributed by atoms with Crippen molar-refractivity contribution in [2.45, 2.75) is 12.8 Å². The maximum atomic E-state index is 11.3. The average Bonchev–Trinajstić information content (AvgIpc) is 2.78. The summed E-state index contributed by atoms with van der Waals surface area (Å²) in [6.07, 6.45) is 0. The SMILES string of the molecule is CC(CNc1snc(N)c1C(N)=O)c1ccccc1. The minimum Gasteiger partial charge on any atom is -0.382 e. The molecule has 0 radical (unpaired) electrons. The number of nitrogens with one attached hydrogen (secondary N) is 1. The second kappa shape index (κ2) is 5.71. The molecule has 0 saturated carbocycles. The number of anilines is 2. The van der Waals surface area contributed by atoms with Gasteiger partial charge in [0.25, 0.3) is 5.91 Å². The van der Waals surface area contributed by atoms with Gasteiger partial charge in [-0.15, -0.1) is 0 Å². The molecule has 5 N–H and O–H groups in total. The second-order valence-electron chi connectivity index (χ2n) is 4.33. The quantitative estimate of drug-likeness (QED) is 0.779. The summed E-state index contributed by atoms with van der Waals surface area (Å²) in [5.74, 6) is -0.0567. The van der Waals surface area contributed by atoms with Crippen LogP contribution in [0.5, 0.6) is 0 Å². The van der Waals surface area contributed by atoms with E-state index in [1.54, 1.807) is 0 Å². The Morgan fingerprint density at radius 2 is 2.11 bits per heavy atom. The van der Waals surface area contributed by atoms with Gasteiger partial charge in [-0.25, -0.2) is 0 Å². The molecule has 19 heavy (non-hydrogen) atoms. The smallest absolute Gasteiger partial charge is 0.255 e. The Balaban J connectivity index is 2.05. The van der Waals surface area contributed by atoms with Crippen LogP contribution in [0, 0.1) is 0 Å². The standard InChI is InChI=1S/C13H16N4OS/c1-8(9-5-3-2-4-6-9)7-16-13-10(12(15)18)11(14)17-19-13/h2-6,8,16H,7H2,1H3,(H2,14,17)(H2,15,18). The molecule has 5 nitrogen and oxygen atoms in total. The van der Waals surface area contributed by atoms with Crippen molar-refractivity contribution in [3.63, 3.8) is 0 Å². The monoisotopic (exact) mass is 276 g/mol. The van der Waals surface area contributed by atoms with Gasteiger partial charge < -0.3 is 16.8 Å². The first-order valence-electron chi connectivity index (χ1n) is 5.93. The van der Waals surface area contributed by atoms with Gasteiger partial charge in [0.15, 0.2) is 5.82 Å². The van der Waals surface area contributed by atoms with Crippen LogP contribution in [0.1, 0.15) is 28.8 Å². The molecule has 0 aliphatic carbocycles. The number of aromatic nitrogens is 1. The summed E-state index contributed by atoms with van der Waals surface area (Å²) >= 11 is 1.15. The molecular weight excluding hydrogens is 260 g/mol. The zero-order chi connectivity index (χ0) is 13.8. The maximum Gasteiger partial charge on any atom is 0.255 e. The van der Waals surface area contributed by atoms with Crippen molar-refractivity contribution in [2.75, 3.05) is 17.6 Å². The van der Waals surface area contributed by atoms with Gasteiger partial charge in [0.05, 0.1) is 0 Å². The summed E-state index contributed by atoms with van der Waals surface area (Å²) < 4.78 is 3.94. The zero-order valence-electron chi connectivity index (χ0n) is 10.6. The number of nitrogen functional groups attached to an aromatic ring is 1. The topological polar surface area (TPSA) is 94.0 Å². The van der Waals surface area contributed by atoms with E-state index in [4.69, 9.17) is 11.5 Å². The van der Waals surface area contributed by atoms with Crippen molar-refractivity contribution >= 4 is 28.3 Å². The van der Waals surface area contributed by atoms with Gasteiger partial charge >= 0.3 is 0 Å². The lowest BCUT2D eigenvalue weighted by Gasteiger charge is -2.13. The van der Waals surface area contributed by atoms with E-state index in [0.29, 0.717) is 17.5 Å². The summed E-state index contributed by atoms with van der Waals surface area (Å²) in [5.41, 5.74) is 12.4. The Morgan fingerprint density at radius 3 is 2.74 bits per heavy atom. The van der Waals surface area contributed by atoms with Crippen LogP contribution in [0.3, 0.4) is 0 Å². The van der Waals surface area contributed by atoms with E-state index in [0.717, 1.165) is 11.5 Å². The van der Waals surface area contributed by atoms with Crippen molar-refractivity contribution in [3.8, 4) is 0 Å². The van der Waals surface area contributed by atoms with Crippen LogP contribution < -0.4 is 16.8 Å². The zero-order valence-corrected chi connectivity index (χ0v) is 11.4. The Bertz CT molecular complexity index is 567. The predicted molar refractivity (Wildman–Crippen MR) is 78.4 cm³/mol. The molecule has 100 valence electrons. The molecular formula is C13H16N4OS. The van der Waals surface area contributed by atoms with Gasteiger partial charge in [0, 0.05) is 6.54 Å². The molecule has 1 aromatic heterocycles. The van der Waals surface area contributed by atoms with E-state index in [2.05, 4.69) is 28.7 Å². The van der Waals surface area contributed by atoms with Crippen molar-refractivity contribution in [1.29, 1.82) is 0 Å². The molecule has 0 spiro atoms. The normalized spacial score (nSPS) is 12.1. The summed E-state index contributed by atoms with van der Waals surface area (Å²) in [6, 6.07) is 10.1. The molecule has 6 heteroatoms. The van der Waals surface area contributed by atoms with E-state index in [-0.39, 0.29) is 11.4 Å². The molecule has 0 fully saturated rings. The number of nitrogens with two attached hydrogens (primary N) is 2. The molecule has 0 aliphatic rings. The van der Waals surface area contributed by atoms with Crippen LogP contribution in [-0.2, 0) is 0 Å². The fourth-order valence-corrected chi connectivity index (χ4v) is 2.53. The summed E-state index contributed by atoms with van der Waals surface area (Å²) in [4.78, 5) is 11.3. The molecule has 2 rings (SSSR count). The largest absolute Gasteiger partial charge is 0.382 e. The van der Waals surface area contributed by atoms with E-state index in [1.165, 1.54) is 5.56 Å². The molecule has 1 amide bonds. The Kier molecular flexibility index (Phi) is 4.01. The first kappa shape index (κ1) is 13.4. The van der Waals surface area contributed by atoms with Gasteiger partial charge in [-0.3, -0.25) is 4.79 Å². The maximum absolute atomic E-state index is 11.3. The Morgan fingerprint density at radius 1 is 1.42 bits per heavy atom. The van der Waals surface area contributed by atoms with Gasteiger partial charge in [-0.2, -0.15) is 4.37 Å². The van der Waals surface area contributed by atoms with E-state index in [9.17, 15) is 4.79 Å². The summed E-state index contributed by atoms with van der Waals surface area (Å²) in [6.45, 7) is 2.79. The van der Waals surface area contributed by atoms with Gasteiger partial charge in [-0.05, 0) is 23.0 Å². The van der Waals surface area contributed by atoms with Crippen LogP contribution in [0.2, 0.25) is 0 Å². The van der Waals surface area contributed by atoms with Crippen molar-refractivity contribution in [3.05, 3.63) is 41.5 Å². The number of benzene rings is 1. The van der Waals surface area contributed by atoms with E-state index < -0.39 is 5.91 Å². The molecule has 0 aliphatic heterocycles. The Hall–Kier alpha value is -2.08. The lowest BCUT2D eigenvalue weighted by atomic mass is 10.0. The first-order chi connectivity index (χ1) is 9.09. The fourth-order valence-electron chi connectivity index (χ4n) is 1.81. The number of primary amides is 1. The van der Waals surface area contributed by atoms with Crippen LogP contribution in [-0.4, -0.2) is 16.8 Å². The number of hydrogen-bond donors (Lipinski definition) is 3. The Labute approximate surface area is 115 Å². The number of carbonyl (C=O) groups excluding carboxylic acids is 1.